The predicted octanol–water partition coefficient (Wildman–Crippen LogP) is 2.29. The van der Waals surface area contributed by atoms with Gasteiger partial charge in [-0.25, -0.2) is 0 Å². The second-order valence-electron chi connectivity index (χ2n) is 5.26. The maximum absolute atomic E-state index is 4.30. The van der Waals surface area contributed by atoms with E-state index in [9.17, 15) is 0 Å². The Bertz CT molecular complexity index is 506. The number of piperidine rings is 1. The summed E-state index contributed by atoms with van der Waals surface area (Å²) in [4.78, 5) is 0. The molecule has 1 N–H and O–H groups in total. The van der Waals surface area contributed by atoms with Gasteiger partial charge in [0.15, 0.2) is 0 Å². The van der Waals surface area contributed by atoms with Crippen molar-refractivity contribution in [3.63, 3.8) is 0 Å². The minimum Gasteiger partial charge on any atom is -0.317 e. The largest absolute Gasteiger partial charge is 0.317 e. The van der Waals surface area contributed by atoms with Crippen molar-refractivity contribution >= 4 is 12.4 Å². The van der Waals surface area contributed by atoms with Crippen molar-refractivity contribution in [1.29, 1.82) is 0 Å². The molecule has 5 heteroatoms. The van der Waals surface area contributed by atoms with Gasteiger partial charge in [0, 0.05) is 6.42 Å². The molecular formula is C15H21ClN4. The topological polar surface area (TPSA) is 42.7 Å². The highest BCUT2D eigenvalue weighted by molar-refractivity contribution is 5.85. The van der Waals surface area contributed by atoms with Crippen LogP contribution in [0.5, 0.6) is 0 Å². The Labute approximate surface area is 126 Å². The zero-order valence-corrected chi connectivity index (χ0v) is 12.4. The number of hydrogen-bond acceptors (Lipinski definition) is 3. The Kier molecular flexibility index (Phi) is 5.56. The molecule has 0 atom stereocenters. The highest BCUT2D eigenvalue weighted by Gasteiger charge is 2.16. The molecule has 1 aliphatic heterocycles. The van der Waals surface area contributed by atoms with E-state index in [-0.39, 0.29) is 12.4 Å². The van der Waals surface area contributed by atoms with E-state index >= 15 is 0 Å². The van der Waals surface area contributed by atoms with Gasteiger partial charge >= 0.3 is 0 Å². The molecule has 1 aliphatic rings. The minimum absolute atomic E-state index is 0. The number of benzene rings is 1. The molecular weight excluding hydrogens is 272 g/mol. The quantitative estimate of drug-likeness (QED) is 0.940. The molecule has 20 heavy (non-hydrogen) atoms. The van der Waals surface area contributed by atoms with Crippen LogP contribution in [0.4, 0.5) is 0 Å². The molecule has 108 valence electrons. The summed E-state index contributed by atoms with van der Waals surface area (Å²) in [7, 11) is 0. The van der Waals surface area contributed by atoms with Crippen molar-refractivity contribution in [2.45, 2.75) is 25.8 Å². The fourth-order valence-corrected chi connectivity index (χ4v) is 2.69. The van der Waals surface area contributed by atoms with E-state index in [1.54, 1.807) is 0 Å². The molecule has 0 bridgehead atoms. The summed E-state index contributed by atoms with van der Waals surface area (Å²) in [6, 6.07) is 10.5. The molecule has 0 aliphatic carbocycles. The lowest BCUT2D eigenvalue weighted by molar-refractivity contribution is 0.363. The average molecular weight is 293 g/mol. The van der Waals surface area contributed by atoms with Crippen LogP contribution in [0.2, 0.25) is 0 Å². The summed E-state index contributed by atoms with van der Waals surface area (Å²) in [6.07, 6.45) is 5.40. The van der Waals surface area contributed by atoms with E-state index in [0.717, 1.165) is 37.8 Å². The SMILES string of the molecule is Cl.c1ccc(Cn2cnnc2CC2CCNCC2)cc1. The maximum Gasteiger partial charge on any atom is 0.133 e. The first kappa shape index (κ1) is 15.0. The van der Waals surface area contributed by atoms with Gasteiger partial charge in [0.25, 0.3) is 0 Å². The average Bonchev–Trinajstić information content (AvgIpc) is 2.88. The van der Waals surface area contributed by atoms with Crippen molar-refractivity contribution in [3.8, 4) is 0 Å². The van der Waals surface area contributed by atoms with Crippen LogP contribution in [0.1, 0.15) is 24.2 Å². The first-order valence-electron chi connectivity index (χ1n) is 7.03. The van der Waals surface area contributed by atoms with Gasteiger partial charge in [-0.2, -0.15) is 0 Å². The summed E-state index contributed by atoms with van der Waals surface area (Å²) in [5.41, 5.74) is 1.30. The first-order chi connectivity index (χ1) is 9.42. The van der Waals surface area contributed by atoms with Gasteiger partial charge in [0.1, 0.15) is 12.2 Å². The third kappa shape index (κ3) is 3.81. The predicted molar refractivity (Wildman–Crippen MR) is 82.1 cm³/mol. The van der Waals surface area contributed by atoms with Gasteiger partial charge in [0.2, 0.25) is 0 Å². The monoisotopic (exact) mass is 292 g/mol. The molecule has 0 spiro atoms. The molecule has 1 aromatic carbocycles. The van der Waals surface area contributed by atoms with Crippen LogP contribution in [0.25, 0.3) is 0 Å². The zero-order chi connectivity index (χ0) is 12.9. The van der Waals surface area contributed by atoms with Crippen molar-refractivity contribution in [2.75, 3.05) is 13.1 Å². The normalized spacial score (nSPS) is 15.8. The van der Waals surface area contributed by atoms with Crippen LogP contribution in [0, 0.1) is 5.92 Å². The molecule has 0 amide bonds. The Balaban J connectivity index is 0.00000147. The molecule has 2 aromatic rings. The van der Waals surface area contributed by atoms with Crippen LogP contribution < -0.4 is 5.32 Å². The van der Waals surface area contributed by atoms with E-state index < -0.39 is 0 Å². The molecule has 0 unspecified atom stereocenters. The smallest absolute Gasteiger partial charge is 0.133 e. The van der Waals surface area contributed by atoms with Crippen molar-refractivity contribution < 1.29 is 0 Å². The van der Waals surface area contributed by atoms with Gasteiger partial charge < -0.3 is 9.88 Å². The molecule has 3 rings (SSSR count). The van der Waals surface area contributed by atoms with Crippen LogP contribution in [0.15, 0.2) is 36.7 Å². The maximum atomic E-state index is 4.30. The van der Waals surface area contributed by atoms with Crippen LogP contribution in [-0.2, 0) is 13.0 Å². The van der Waals surface area contributed by atoms with Gasteiger partial charge in [-0.05, 0) is 37.4 Å². The number of nitrogens with zero attached hydrogens (tertiary/aromatic N) is 3. The molecule has 0 radical (unpaired) electrons. The zero-order valence-electron chi connectivity index (χ0n) is 11.5. The highest BCUT2D eigenvalue weighted by Crippen LogP contribution is 2.17. The van der Waals surface area contributed by atoms with E-state index in [1.807, 2.05) is 12.4 Å². The van der Waals surface area contributed by atoms with Gasteiger partial charge in [-0.3, -0.25) is 0 Å². The Morgan fingerprint density at radius 2 is 1.90 bits per heavy atom. The lowest BCUT2D eigenvalue weighted by atomic mass is 9.94. The lowest BCUT2D eigenvalue weighted by Crippen LogP contribution is -2.29. The molecule has 4 nitrogen and oxygen atoms in total. The van der Waals surface area contributed by atoms with Gasteiger partial charge in [-0.1, -0.05) is 30.3 Å². The molecule has 0 saturated carbocycles. The fraction of sp³-hybridized carbons (Fsp3) is 0.467. The van der Waals surface area contributed by atoms with Crippen molar-refractivity contribution in [2.24, 2.45) is 5.92 Å². The van der Waals surface area contributed by atoms with Crippen LogP contribution in [0.3, 0.4) is 0 Å². The first-order valence-corrected chi connectivity index (χ1v) is 7.03. The van der Waals surface area contributed by atoms with E-state index in [2.05, 4.69) is 44.3 Å². The van der Waals surface area contributed by atoms with Gasteiger partial charge in [0.05, 0.1) is 6.54 Å². The Morgan fingerprint density at radius 1 is 1.15 bits per heavy atom. The Morgan fingerprint density at radius 3 is 2.65 bits per heavy atom. The summed E-state index contributed by atoms with van der Waals surface area (Å²) in [5.74, 6) is 1.87. The summed E-state index contributed by atoms with van der Waals surface area (Å²) in [6.45, 7) is 3.14. The fourth-order valence-electron chi connectivity index (χ4n) is 2.69. The van der Waals surface area contributed by atoms with Crippen LogP contribution in [-0.4, -0.2) is 27.9 Å². The second kappa shape index (κ2) is 7.41. The number of aromatic nitrogens is 3. The Hall–Kier alpha value is -1.39. The van der Waals surface area contributed by atoms with E-state index in [4.69, 9.17) is 0 Å². The van der Waals surface area contributed by atoms with Gasteiger partial charge in [-0.15, -0.1) is 22.6 Å². The second-order valence-corrected chi connectivity index (χ2v) is 5.26. The van der Waals surface area contributed by atoms with E-state index in [0.29, 0.717) is 0 Å². The number of hydrogen-bond donors (Lipinski definition) is 1. The lowest BCUT2D eigenvalue weighted by Gasteiger charge is -2.22. The minimum atomic E-state index is 0. The summed E-state index contributed by atoms with van der Waals surface area (Å²) >= 11 is 0. The molecule has 1 fully saturated rings. The van der Waals surface area contributed by atoms with Crippen molar-refractivity contribution in [1.82, 2.24) is 20.1 Å². The summed E-state index contributed by atoms with van der Waals surface area (Å²) < 4.78 is 2.18. The van der Waals surface area contributed by atoms with Crippen LogP contribution >= 0.6 is 12.4 Å². The van der Waals surface area contributed by atoms with E-state index in [1.165, 1.54) is 18.4 Å². The number of rotatable bonds is 4. The number of halogens is 1. The molecule has 1 aromatic heterocycles. The molecule has 1 saturated heterocycles. The number of nitrogens with one attached hydrogen (secondary N) is 1. The molecule has 2 heterocycles. The van der Waals surface area contributed by atoms with Crippen molar-refractivity contribution in [3.05, 3.63) is 48.0 Å². The standard InChI is InChI=1S/C15H20N4.ClH/c1-2-4-14(5-3-1)11-19-12-17-18-15(19)10-13-6-8-16-9-7-13;/h1-5,12-13,16H,6-11H2;1H. The third-order valence-electron chi connectivity index (χ3n) is 3.82. The summed E-state index contributed by atoms with van der Waals surface area (Å²) in [5, 5.41) is 11.8. The third-order valence-corrected chi connectivity index (χ3v) is 3.82. The highest BCUT2D eigenvalue weighted by atomic mass is 35.5.